The van der Waals surface area contributed by atoms with Crippen molar-refractivity contribution >= 4 is 17.5 Å². The van der Waals surface area contributed by atoms with Gasteiger partial charge < -0.3 is 5.73 Å². The number of rotatable bonds is 12. The third-order valence-corrected chi connectivity index (χ3v) is 6.09. The quantitative estimate of drug-likeness (QED) is 0.113. The smallest absolute Gasteiger partial charge is 0.366 e. The number of nitrogens with one attached hydrogen (secondary N) is 1. The number of halogens is 7. The number of hydrogen-bond donors (Lipinski definition) is 2. The maximum atomic E-state index is 13.5. The lowest BCUT2D eigenvalue weighted by Gasteiger charge is -2.31. The van der Waals surface area contributed by atoms with Crippen LogP contribution in [0, 0.1) is 5.92 Å². The van der Waals surface area contributed by atoms with E-state index in [0.717, 1.165) is 5.57 Å². The summed E-state index contributed by atoms with van der Waals surface area (Å²) in [5, 5.41) is 1.63. The average Bonchev–Trinajstić information content (AvgIpc) is 2.84. The van der Waals surface area contributed by atoms with Gasteiger partial charge in [0.15, 0.2) is 0 Å². The molecule has 0 aliphatic carbocycles. The highest BCUT2D eigenvalue weighted by Gasteiger charge is 2.38. The predicted molar refractivity (Wildman–Crippen MR) is 143 cm³/mol. The first-order valence-corrected chi connectivity index (χ1v) is 12.5. The Bertz CT molecular complexity index is 1110. The number of alkyl halides is 6. The Hall–Kier alpha value is -2.98. The summed E-state index contributed by atoms with van der Waals surface area (Å²) in [6.45, 7) is 12.5. The van der Waals surface area contributed by atoms with Gasteiger partial charge in [0.25, 0.3) is 5.91 Å². The topological polar surface area (TPSA) is 58.4 Å². The van der Waals surface area contributed by atoms with E-state index in [-0.39, 0.29) is 17.2 Å². The molecule has 0 fully saturated rings. The first kappa shape index (κ1) is 34.0. The molecule has 0 heterocycles. The van der Waals surface area contributed by atoms with Gasteiger partial charge in [-0.3, -0.25) is 9.80 Å². The van der Waals surface area contributed by atoms with E-state index in [9.17, 15) is 31.1 Å². The zero-order valence-electron chi connectivity index (χ0n) is 22.5. The minimum absolute atomic E-state index is 0.00675. The second-order valence-corrected chi connectivity index (χ2v) is 9.64. The zero-order chi connectivity index (χ0) is 30.1. The van der Waals surface area contributed by atoms with Crippen LogP contribution in [-0.2, 0) is 17.1 Å². The number of hydrogen-bond acceptors (Lipinski definition) is 3. The number of allylic oxidation sites excluding steroid dienone is 5. The molecule has 0 bridgehead atoms. The summed E-state index contributed by atoms with van der Waals surface area (Å²) < 4.78 is 81.1. The van der Waals surface area contributed by atoms with Crippen molar-refractivity contribution in [2.45, 2.75) is 65.9 Å². The Kier molecular flexibility index (Phi) is 12.6. The lowest BCUT2D eigenvalue weighted by Crippen LogP contribution is -2.37. The second kappa shape index (κ2) is 14.4. The molecule has 0 aromatic heterocycles. The summed E-state index contributed by atoms with van der Waals surface area (Å²) in [5.74, 6) is -1.25. The number of amides is 1. The summed E-state index contributed by atoms with van der Waals surface area (Å²) in [6.07, 6.45) is -1.54. The zero-order valence-corrected chi connectivity index (χ0v) is 23.2. The van der Waals surface area contributed by atoms with Crippen molar-refractivity contribution < 1.29 is 31.1 Å². The van der Waals surface area contributed by atoms with Crippen LogP contribution >= 0.6 is 11.6 Å². The fourth-order valence-electron chi connectivity index (χ4n) is 3.44. The molecule has 0 spiro atoms. The van der Waals surface area contributed by atoms with Gasteiger partial charge in [0.05, 0.1) is 22.7 Å². The van der Waals surface area contributed by atoms with Gasteiger partial charge in [0.2, 0.25) is 0 Å². The molecule has 0 saturated heterocycles. The molecule has 2 atom stereocenters. The van der Waals surface area contributed by atoms with Gasteiger partial charge in [-0.2, -0.15) is 26.3 Å². The maximum absolute atomic E-state index is 13.5. The number of nitrogens with zero attached hydrogens (tertiary/aromatic N) is 1. The Morgan fingerprint density at radius 3 is 2.00 bits per heavy atom. The predicted octanol–water partition coefficient (Wildman–Crippen LogP) is 8.56. The van der Waals surface area contributed by atoms with Crippen LogP contribution in [0.1, 0.15) is 70.2 Å². The van der Waals surface area contributed by atoms with Gasteiger partial charge in [0.1, 0.15) is 0 Å². The molecule has 0 radical (unpaired) electrons. The molecule has 0 saturated carbocycles. The molecule has 1 rings (SSSR count). The van der Waals surface area contributed by atoms with Gasteiger partial charge in [-0.25, -0.2) is 5.43 Å². The number of primary amides is 1. The summed E-state index contributed by atoms with van der Waals surface area (Å²) in [4.78, 5) is 12.5. The van der Waals surface area contributed by atoms with Gasteiger partial charge in [-0.15, -0.1) is 0 Å². The summed E-state index contributed by atoms with van der Waals surface area (Å²) in [7, 11) is 0. The van der Waals surface area contributed by atoms with Crippen molar-refractivity contribution in [2.75, 3.05) is 0 Å². The molecule has 11 heteroatoms. The van der Waals surface area contributed by atoms with E-state index in [1.807, 2.05) is 13.8 Å². The monoisotopic (exact) mass is 577 g/mol. The normalized spacial score (nSPS) is 15.7. The molecule has 4 nitrogen and oxygen atoms in total. The van der Waals surface area contributed by atoms with Crippen LogP contribution in [0.5, 0.6) is 0 Å². The molecule has 1 aromatic carbocycles. The summed E-state index contributed by atoms with van der Waals surface area (Å²) in [5.41, 5.74) is 6.81. The fourth-order valence-corrected chi connectivity index (χ4v) is 3.50. The maximum Gasteiger partial charge on any atom is 0.416 e. The molecule has 39 heavy (non-hydrogen) atoms. The number of nitrogens with two attached hydrogens (primary N) is 1. The number of hydrazine groups is 1. The highest BCUT2D eigenvalue weighted by molar-refractivity contribution is 6.29. The fraction of sp³-hybridized carbons (Fsp3) is 0.393. The van der Waals surface area contributed by atoms with Crippen LogP contribution in [0.2, 0.25) is 0 Å². The van der Waals surface area contributed by atoms with Crippen LogP contribution in [0.25, 0.3) is 0 Å². The van der Waals surface area contributed by atoms with Crippen LogP contribution in [-0.4, -0.2) is 10.9 Å². The molecule has 0 aliphatic rings. The summed E-state index contributed by atoms with van der Waals surface area (Å²) in [6, 6.07) is 0.434. The van der Waals surface area contributed by atoms with E-state index in [1.165, 1.54) is 17.4 Å². The van der Waals surface area contributed by atoms with E-state index < -0.39 is 41.3 Å². The number of carbonyl (C=O) groups excluding carboxylic acids is 1. The first-order valence-electron chi connectivity index (χ1n) is 12.1. The molecular weight excluding hydrogens is 544 g/mol. The van der Waals surface area contributed by atoms with Crippen LogP contribution in [0.3, 0.4) is 0 Å². The molecule has 0 aliphatic heterocycles. The average molecular weight is 578 g/mol. The molecule has 3 N–H and O–H groups in total. The van der Waals surface area contributed by atoms with Crippen molar-refractivity contribution in [2.24, 2.45) is 11.7 Å². The van der Waals surface area contributed by atoms with Crippen molar-refractivity contribution in [3.05, 3.63) is 93.8 Å². The minimum atomic E-state index is -5.00. The van der Waals surface area contributed by atoms with Crippen molar-refractivity contribution in [1.82, 2.24) is 10.4 Å². The van der Waals surface area contributed by atoms with E-state index in [4.69, 9.17) is 17.3 Å². The first-order chi connectivity index (χ1) is 17.9. The van der Waals surface area contributed by atoms with Gasteiger partial charge >= 0.3 is 12.4 Å². The SMILES string of the molecule is C=CN(\C=C(C(N)=O)/C(/C=C(\C)CC)=C/C=C(\C)Cl)NC(c1cc(C(F)(F)F)cc(C(F)(F)F)c1)[C@H](C)CC. The summed E-state index contributed by atoms with van der Waals surface area (Å²) >= 11 is 5.95. The Balaban J connectivity index is 3.77. The lowest BCUT2D eigenvalue weighted by atomic mass is 9.90. The van der Waals surface area contributed by atoms with Crippen LogP contribution in [0.15, 0.2) is 77.2 Å². The molecule has 1 aromatic rings. The van der Waals surface area contributed by atoms with Gasteiger partial charge in [0, 0.05) is 17.4 Å². The standard InChI is InChI=1S/C28H34ClF6N3O/c1-7-17(4)12-20(11-10-19(6)29)24(26(36)39)16-38(9-3)37-25(18(5)8-2)21-13-22(27(30,31)32)15-23(14-21)28(33,34)35/h9-16,18,25,37H,3,7-8H2,1-2,4-6H3,(H2,36,39)/b17-12+,19-10+,20-11+,24-16+/t18-,25?/m1/s1. The molecule has 216 valence electrons. The van der Waals surface area contributed by atoms with Crippen molar-refractivity contribution in [1.29, 1.82) is 0 Å². The Morgan fingerprint density at radius 1 is 1.08 bits per heavy atom. The van der Waals surface area contributed by atoms with E-state index in [1.54, 1.807) is 39.0 Å². The highest BCUT2D eigenvalue weighted by atomic mass is 35.5. The number of carbonyl (C=O) groups is 1. The number of benzene rings is 1. The van der Waals surface area contributed by atoms with E-state index in [2.05, 4.69) is 12.0 Å². The molecule has 1 unspecified atom stereocenters. The van der Waals surface area contributed by atoms with Crippen molar-refractivity contribution in [3.63, 3.8) is 0 Å². The largest absolute Gasteiger partial charge is 0.416 e. The van der Waals surface area contributed by atoms with Gasteiger partial charge in [-0.05, 0) is 61.6 Å². The van der Waals surface area contributed by atoms with Crippen LogP contribution < -0.4 is 11.2 Å². The highest BCUT2D eigenvalue weighted by Crippen LogP contribution is 2.39. The lowest BCUT2D eigenvalue weighted by molar-refractivity contribution is -0.143. The van der Waals surface area contributed by atoms with Crippen LogP contribution in [0.4, 0.5) is 26.3 Å². The molecule has 1 amide bonds. The Morgan fingerprint density at radius 2 is 1.62 bits per heavy atom. The third-order valence-electron chi connectivity index (χ3n) is 5.96. The second-order valence-electron chi connectivity index (χ2n) is 9.05. The van der Waals surface area contributed by atoms with E-state index in [0.29, 0.717) is 35.6 Å². The van der Waals surface area contributed by atoms with E-state index >= 15 is 0 Å². The van der Waals surface area contributed by atoms with Crippen molar-refractivity contribution in [3.8, 4) is 0 Å². The molecular formula is C28H34ClF6N3O. The third kappa shape index (κ3) is 10.6. The minimum Gasteiger partial charge on any atom is -0.366 e. The van der Waals surface area contributed by atoms with Gasteiger partial charge in [-0.1, -0.05) is 63.1 Å². The Labute approximate surface area is 230 Å².